The molecule has 9 heteroatoms. The summed E-state index contributed by atoms with van der Waals surface area (Å²) in [6.07, 6.45) is 0. The van der Waals surface area contributed by atoms with Crippen molar-refractivity contribution in [2.45, 2.75) is 0 Å². The van der Waals surface area contributed by atoms with E-state index >= 15 is 0 Å². The lowest BCUT2D eigenvalue weighted by molar-refractivity contribution is 0.103. The third kappa shape index (κ3) is 3.63. The van der Waals surface area contributed by atoms with Gasteiger partial charge in [0.2, 0.25) is 11.8 Å². The van der Waals surface area contributed by atoms with Crippen molar-refractivity contribution in [2.75, 3.05) is 11.5 Å². The number of halogens is 2. The van der Waals surface area contributed by atoms with Gasteiger partial charge in [-0.2, -0.15) is 0 Å². The van der Waals surface area contributed by atoms with Crippen LogP contribution in [-0.4, -0.2) is 15.8 Å². The normalized spacial score (nSPS) is 11.4. The van der Waals surface area contributed by atoms with Gasteiger partial charge in [0.15, 0.2) is 16.9 Å². The molecule has 0 aliphatic rings. The first-order valence-corrected chi connectivity index (χ1v) is 10.8. The second kappa shape index (κ2) is 8.02. The van der Waals surface area contributed by atoms with Crippen LogP contribution in [0.3, 0.4) is 0 Å². The highest BCUT2D eigenvalue weighted by Crippen LogP contribution is 2.30. The second-order valence-electron chi connectivity index (χ2n) is 8.21. The van der Waals surface area contributed by atoms with Gasteiger partial charge in [-0.15, -0.1) is 0 Å². The van der Waals surface area contributed by atoms with E-state index in [4.69, 9.17) is 20.3 Å². The zero-order valence-electron chi connectivity index (χ0n) is 18.5. The van der Waals surface area contributed by atoms with Crippen molar-refractivity contribution >= 4 is 39.4 Å². The van der Waals surface area contributed by atoms with E-state index < -0.39 is 11.6 Å². The highest BCUT2D eigenvalue weighted by atomic mass is 19.1. The van der Waals surface area contributed by atoms with Gasteiger partial charge in [-0.1, -0.05) is 0 Å². The molecule has 0 spiro atoms. The number of fused-ring (bicyclic) bond motifs is 2. The average molecular weight is 482 g/mol. The van der Waals surface area contributed by atoms with E-state index in [2.05, 4.69) is 9.97 Å². The topological polar surface area (TPSA) is 121 Å². The maximum absolute atomic E-state index is 14.3. The number of nitrogen functional groups attached to an aromatic ring is 2. The Hall–Kier alpha value is -5.05. The lowest BCUT2D eigenvalue weighted by Crippen LogP contribution is -2.00. The number of carbonyl (C=O) groups is 1. The molecular formula is C27H16F2N4O3. The third-order valence-electron chi connectivity index (χ3n) is 5.75. The molecule has 0 saturated carbocycles. The van der Waals surface area contributed by atoms with Crippen LogP contribution in [0.25, 0.3) is 45.1 Å². The molecule has 36 heavy (non-hydrogen) atoms. The van der Waals surface area contributed by atoms with E-state index in [0.717, 1.165) is 0 Å². The van der Waals surface area contributed by atoms with E-state index in [1.54, 1.807) is 48.5 Å². The van der Waals surface area contributed by atoms with Crippen LogP contribution in [0.2, 0.25) is 0 Å². The fraction of sp³-hybridized carbons (Fsp3) is 0. The number of oxazole rings is 2. The molecular weight excluding hydrogens is 466 g/mol. The SMILES string of the molecule is Nc1ccc(-c2nc3ccc(C(=O)c4ccc5nc(-c6ccc(N)cc6F)oc5c4)cc3o2)c(F)c1. The highest BCUT2D eigenvalue weighted by molar-refractivity contribution is 6.11. The third-order valence-corrected chi connectivity index (χ3v) is 5.75. The Kier molecular flexibility index (Phi) is 4.78. The van der Waals surface area contributed by atoms with Crippen molar-refractivity contribution in [3.63, 3.8) is 0 Å². The molecule has 0 bridgehead atoms. The number of nitrogens with two attached hydrogens (primary N) is 2. The molecule has 0 unspecified atom stereocenters. The predicted molar refractivity (Wildman–Crippen MR) is 131 cm³/mol. The predicted octanol–water partition coefficient (Wildman–Crippen LogP) is 5.98. The maximum atomic E-state index is 14.3. The van der Waals surface area contributed by atoms with Gasteiger partial charge in [0.1, 0.15) is 22.7 Å². The van der Waals surface area contributed by atoms with Crippen LogP contribution < -0.4 is 11.5 Å². The number of anilines is 2. The average Bonchev–Trinajstić information content (AvgIpc) is 3.46. The van der Waals surface area contributed by atoms with Crippen molar-refractivity contribution in [3.05, 3.63) is 95.6 Å². The first-order chi connectivity index (χ1) is 17.4. The first-order valence-electron chi connectivity index (χ1n) is 10.8. The molecule has 4 aromatic carbocycles. The minimum Gasteiger partial charge on any atom is -0.436 e. The van der Waals surface area contributed by atoms with Crippen LogP contribution in [0.5, 0.6) is 0 Å². The van der Waals surface area contributed by atoms with Crippen molar-refractivity contribution in [1.29, 1.82) is 0 Å². The molecule has 0 atom stereocenters. The molecule has 176 valence electrons. The van der Waals surface area contributed by atoms with Gasteiger partial charge >= 0.3 is 0 Å². The second-order valence-corrected chi connectivity index (χ2v) is 8.21. The molecule has 2 heterocycles. The summed E-state index contributed by atoms with van der Waals surface area (Å²) in [6.45, 7) is 0. The zero-order chi connectivity index (χ0) is 25.0. The summed E-state index contributed by atoms with van der Waals surface area (Å²) < 4.78 is 40.0. The lowest BCUT2D eigenvalue weighted by atomic mass is 10.0. The lowest BCUT2D eigenvalue weighted by Gasteiger charge is -2.01. The summed E-state index contributed by atoms with van der Waals surface area (Å²) in [5.74, 6) is -1.25. The van der Waals surface area contributed by atoms with Crippen molar-refractivity contribution in [2.24, 2.45) is 0 Å². The minimum atomic E-state index is -0.559. The zero-order valence-corrected chi connectivity index (χ0v) is 18.5. The minimum absolute atomic E-state index is 0.0811. The number of hydrogen-bond donors (Lipinski definition) is 2. The maximum Gasteiger partial charge on any atom is 0.230 e. The highest BCUT2D eigenvalue weighted by Gasteiger charge is 2.18. The van der Waals surface area contributed by atoms with Crippen molar-refractivity contribution in [3.8, 4) is 22.9 Å². The standard InChI is InChI=1S/C27H16F2N4O3/c28-19-11-15(30)3-5-17(19)26-32-21-7-1-13(9-23(21)35-26)25(34)14-2-8-22-24(10-14)36-27(33-22)18-6-4-16(31)12-20(18)29/h1-12H,30-31H2. The molecule has 2 aromatic heterocycles. The molecule has 7 nitrogen and oxygen atoms in total. The number of aromatic nitrogens is 2. The van der Waals surface area contributed by atoms with E-state index in [-0.39, 0.29) is 40.1 Å². The summed E-state index contributed by atoms with van der Waals surface area (Å²) in [5, 5.41) is 0. The summed E-state index contributed by atoms with van der Waals surface area (Å²) >= 11 is 0. The Morgan fingerprint density at radius 2 is 1.08 bits per heavy atom. The summed E-state index contributed by atoms with van der Waals surface area (Å²) in [5.41, 5.74) is 14.4. The van der Waals surface area contributed by atoms with Crippen LogP contribution in [-0.2, 0) is 0 Å². The number of hydrogen-bond acceptors (Lipinski definition) is 7. The largest absolute Gasteiger partial charge is 0.436 e. The fourth-order valence-electron chi connectivity index (χ4n) is 3.94. The van der Waals surface area contributed by atoms with Crippen LogP contribution in [0, 0.1) is 11.6 Å². The van der Waals surface area contributed by atoms with Gasteiger partial charge in [0.25, 0.3) is 0 Å². The Morgan fingerprint density at radius 1 is 0.639 bits per heavy atom. The summed E-state index contributed by atoms with van der Waals surface area (Å²) in [4.78, 5) is 21.8. The first kappa shape index (κ1) is 21.5. The van der Waals surface area contributed by atoms with E-state index in [1.807, 2.05) is 0 Å². The van der Waals surface area contributed by atoms with Crippen LogP contribution in [0.4, 0.5) is 20.2 Å². The summed E-state index contributed by atoms with van der Waals surface area (Å²) in [6, 6.07) is 18.0. The number of benzene rings is 4. The Morgan fingerprint density at radius 3 is 1.50 bits per heavy atom. The Balaban J connectivity index is 1.34. The Bertz CT molecular complexity index is 1690. The van der Waals surface area contributed by atoms with E-state index in [0.29, 0.717) is 33.3 Å². The molecule has 0 amide bonds. The van der Waals surface area contributed by atoms with Gasteiger partial charge in [-0.25, -0.2) is 18.7 Å². The fourth-order valence-corrected chi connectivity index (χ4v) is 3.94. The number of nitrogens with zero attached hydrogens (tertiary/aromatic N) is 2. The smallest absolute Gasteiger partial charge is 0.230 e. The molecule has 4 N–H and O–H groups in total. The molecule has 0 saturated heterocycles. The van der Waals surface area contributed by atoms with Crippen LogP contribution >= 0.6 is 0 Å². The van der Waals surface area contributed by atoms with Crippen LogP contribution in [0.15, 0.2) is 81.6 Å². The van der Waals surface area contributed by atoms with Gasteiger partial charge in [0, 0.05) is 22.5 Å². The molecule has 0 radical (unpaired) electrons. The van der Waals surface area contributed by atoms with Gasteiger partial charge in [-0.05, 0) is 72.8 Å². The number of carbonyl (C=O) groups excluding carboxylic acids is 1. The van der Waals surface area contributed by atoms with E-state index in [9.17, 15) is 13.6 Å². The molecule has 0 fully saturated rings. The molecule has 0 aliphatic heterocycles. The monoisotopic (exact) mass is 482 g/mol. The van der Waals surface area contributed by atoms with Crippen LogP contribution in [0.1, 0.15) is 15.9 Å². The Labute approximate surface area is 202 Å². The van der Waals surface area contributed by atoms with E-state index in [1.165, 1.54) is 24.3 Å². The van der Waals surface area contributed by atoms with Crippen molar-refractivity contribution < 1.29 is 22.4 Å². The van der Waals surface area contributed by atoms with Gasteiger partial charge in [0.05, 0.1) is 11.1 Å². The van der Waals surface area contributed by atoms with Gasteiger partial charge < -0.3 is 20.3 Å². The quantitative estimate of drug-likeness (QED) is 0.234. The molecule has 6 aromatic rings. The summed E-state index contributed by atoms with van der Waals surface area (Å²) in [7, 11) is 0. The number of rotatable bonds is 4. The van der Waals surface area contributed by atoms with Gasteiger partial charge in [-0.3, -0.25) is 4.79 Å². The molecule has 0 aliphatic carbocycles. The molecule has 6 rings (SSSR count). The van der Waals surface area contributed by atoms with Crippen molar-refractivity contribution in [1.82, 2.24) is 9.97 Å². The number of ketones is 1.